The van der Waals surface area contributed by atoms with Gasteiger partial charge in [-0.2, -0.15) is 4.98 Å². The molecule has 134 valence electrons. The van der Waals surface area contributed by atoms with Crippen molar-refractivity contribution in [2.24, 2.45) is 0 Å². The summed E-state index contributed by atoms with van der Waals surface area (Å²) in [5.41, 5.74) is 0.382. The van der Waals surface area contributed by atoms with Gasteiger partial charge in [0.25, 0.3) is 5.91 Å². The molecular formula is C18H23N3O4. The summed E-state index contributed by atoms with van der Waals surface area (Å²) in [6, 6.07) is 0. The van der Waals surface area contributed by atoms with Crippen molar-refractivity contribution >= 4 is 5.91 Å². The Labute approximate surface area is 146 Å². The van der Waals surface area contributed by atoms with Crippen molar-refractivity contribution in [1.82, 2.24) is 15.0 Å². The molecule has 1 aliphatic carbocycles. The van der Waals surface area contributed by atoms with Gasteiger partial charge in [0.05, 0.1) is 30.4 Å². The van der Waals surface area contributed by atoms with Crippen LogP contribution in [0.3, 0.4) is 0 Å². The normalized spacial score (nSPS) is 23.9. The Morgan fingerprint density at radius 3 is 2.92 bits per heavy atom. The largest absolute Gasteiger partial charge is 0.469 e. The average molecular weight is 345 g/mol. The smallest absolute Gasteiger partial charge is 0.257 e. The third-order valence-electron chi connectivity index (χ3n) is 5.12. The molecule has 3 heterocycles. The molecule has 1 saturated heterocycles. The lowest BCUT2D eigenvalue weighted by Gasteiger charge is -2.38. The molecule has 0 radical (unpaired) electrons. The number of aliphatic hydroxyl groups is 1. The van der Waals surface area contributed by atoms with Crippen molar-refractivity contribution in [3.05, 3.63) is 34.9 Å². The number of nitrogens with zero attached hydrogens (tertiary/aromatic N) is 3. The average Bonchev–Trinajstić information content (AvgIpc) is 3.24. The molecule has 25 heavy (non-hydrogen) atoms. The second kappa shape index (κ2) is 5.98. The van der Waals surface area contributed by atoms with Gasteiger partial charge in [-0.3, -0.25) is 4.79 Å². The SMILES string of the molecule is Cc1coc(C)c1C(=O)N1CCCC(O)(Cc2nc(C3CC3)no2)C1. The predicted molar refractivity (Wildman–Crippen MR) is 88.2 cm³/mol. The predicted octanol–water partition coefficient (Wildman–Crippen LogP) is 2.37. The maximum Gasteiger partial charge on any atom is 0.257 e. The maximum atomic E-state index is 12.8. The van der Waals surface area contributed by atoms with E-state index in [2.05, 4.69) is 10.1 Å². The van der Waals surface area contributed by atoms with Gasteiger partial charge in [-0.05, 0) is 39.5 Å². The number of likely N-dealkylation sites (tertiary alicyclic amines) is 1. The Kier molecular flexibility index (Phi) is 3.91. The highest BCUT2D eigenvalue weighted by molar-refractivity contribution is 5.96. The Balaban J connectivity index is 1.48. The third kappa shape index (κ3) is 3.20. The summed E-state index contributed by atoms with van der Waals surface area (Å²) in [6.07, 6.45) is 5.43. The minimum atomic E-state index is -1.03. The molecule has 1 amide bonds. The molecular weight excluding hydrogens is 322 g/mol. The van der Waals surface area contributed by atoms with E-state index in [-0.39, 0.29) is 18.9 Å². The van der Waals surface area contributed by atoms with Gasteiger partial charge in [0.2, 0.25) is 5.89 Å². The number of carbonyl (C=O) groups excluding carboxylic acids is 1. The van der Waals surface area contributed by atoms with Gasteiger partial charge in [-0.1, -0.05) is 5.16 Å². The minimum Gasteiger partial charge on any atom is -0.469 e. The molecule has 2 aliphatic rings. The van der Waals surface area contributed by atoms with E-state index in [1.807, 2.05) is 6.92 Å². The molecule has 1 N–H and O–H groups in total. The quantitative estimate of drug-likeness (QED) is 0.914. The summed E-state index contributed by atoms with van der Waals surface area (Å²) >= 11 is 0. The van der Waals surface area contributed by atoms with Gasteiger partial charge in [0.1, 0.15) is 5.76 Å². The number of β-amino-alcohol motifs (C(OH)–C–C–N with tert-alkyl or cyclic N) is 1. The van der Waals surface area contributed by atoms with E-state index >= 15 is 0 Å². The lowest BCUT2D eigenvalue weighted by molar-refractivity contribution is -0.0287. The highest BCUT2D eigenvalue weighted by Gasteiger charge is 2.38. The first-order chi connectivity index (χ1) is 12.0. The second-order valence-corrected chi connectivity index (χ2v) is 7.40. The van der Waals surface area contributed by atoms with Crippen molar-refractivity contribution in [3.63, 3.8) is 0 Å². The van der Waals surface area contributed by atoms with Crippen LogP contribution >= 0.6 is 0 Å². The zero-order valence-electron chi connectivity index (χ0n) is 14.6. The molecule has 1 aliphatic heterocycles. The molecule has 1 saturated carbocycles. The first-order valence-electron chi connectivity index (χ1n) is 8.84. The number of hydrogen-bond acceptors (Lipinski definition) is 6. The van der Waals surface area contributed by atoms with Crippen molar-refractivity contribution < 1.29 is 18.8 Å². The molecule has 0 spiro atoms. The fraction of sp³-hybridized carbons (Fsp3) is 0.611. The Bertz CT molecular complexity index is 773. The standard InChI is InChI=1S/C18H23N3O4/c1-11-9-24-12(2)15(11)17(22)21-7-3-6-18(23,10-21)8-14-19-16(20-25-14)13-4-5-13/h9,13,23H,3-8,10H2,1-2H3. The van der Waals surface area contributed by atoms with Crippen LogP contribution in [0, 0.1) is 13.8 Å². The number of amides is 1. The summed E-state index contributed by atoms with van der Waals surface area (Å²) < 4.78 is 10.6. The lowest BCUT2D eigenvalue weighted by Crippen LogP contribution is -2.51. The highest BCUT2D eigenvalue weighted by Crippen LogP contribution is 2.38. The molecule has 7 nitrogen and oxygen atoms in total. The summed E-state index contributed by atoms with van der Waals surface area (Å²) in [7, 11) is 0. The summed E-state index contributed by atoms with van der Waals surface area (Å²) in [6.45, 7) is 4.53. The zero-order valence-corrected chi connectivity index (χ0v) is 14.6. The summed E-state index contributed by atoms with van der Waals surface area (Å²) in [4.78, 5) is 19.0. The number of aromatic nitrogens is 2. The van der Waals surface area contributed by atoms with Gasteiger partial charge < -0.3 is 18.9 Å². The van der Waals surface area contributed by atoms with Crippen LogP contribution in [0.15, 0.2) is 15.2 Å². The van der Waals surface area contributed by atoms with Gasteiger partial charge in [0, 0.05) is 18.0 Å². The number of piperidine rings is 1. The number of carbonyl (C=O) groups is 1. The van der Waals surface area contributed by atoms with Crippen LogP contribution < -0.4 is 0 Å². The number of furan rings is 1. The van der Waals surface area contributed by atoms with Gasteiger partial charge in [-0.15, -0.1) is 0 Å². The first kappa shape index (κ1) is 16.3. The fourth-order valence-electron chi connectivity index (χ4n) is 3.61. The first-order valence-corrected chi connectivity index (χ1v) is 8.84. The number of rotatable bonds is 4. The molecule has 2 aromatic rings. The molecule has 7 heteroatoms. The maximum absolute atomic E-state index is 12.8. The van der Waals surface area contributed by atoms with E-state index in [1.165, 1.54) is 0 Å². The monoisotopic (exact) mass is 345 g/mol. The number of hydrogen-bond donors (Lipinski definition) is 1. The fourth-order valence-corrected chi connectivity index (χ4v) is 3.61. The topological polar surface area (TPSA) is 92.6 Å². The van der Waals surface area contributed by atoms with Crippen LogP contribution in [0.1, 0.15) is 65.0 Å². The van der Waals surface area contributed by atoms with Crippen LogP contribution in [-0.4, -0.2) is 44.7 Å². The summed E-state index contributed by atoms with van der Waals surface area (Å²) in [5, 5.41) is 15.0. The Morgan fingerprint density at radius 1 is 1.44 bits per heavy atom. The van der Waals surface area contributed by atoms with Crippen LogP contribution in [0.25, 0.3) is 0 Å². The van der Waals surface area contributed by atoms with Crippen LogP contribution in [0.2, 0.25) is 0 Å². The van der Waals surface area contributed by atoms with E-state index in [0.29, 0.717) is 36.1 Å². The zero-order chi connectivity index (χ0) is 17.6. The molecule has 2 fully saturated rings. The van der Waals surface area contributed by atoms with Crippen LogP contribution in [0.5, 0.6) is 0 Å². The Hall–Kier alpha value is -2.15. The summed E-state index contributed by atoms with van der Waals surface area (Å²) in [5.74, 6) is 2.14. The van der Waals surface area contributed by atoms with E-state index in [9.17, 15) is 9.90 Å². The van der Waals surface area contributed by atoms with Gasteiger partial charge in [0.15, 0.2) is 5.82 Å². The molecule has 0 aromatic carbocycles. The van der Waals surface area contributed by atoms with Crippen molar-refractivity contribution in [1.29, 1.82) is 0 Å². The van der Waals surface area contributed by atoms with Crippen LogP contribution in [0.4, 0.5) is 0 Å². The van der Waals surface area contributed by atoms with E-state index in [4.69, 9.17) is 8.94 Å². The highest BCUT2D eigenvalue weighted by atomic mass is 16.5. The third-order valence-corrected chi connectivity index (χ3v) is 5.12. The number of aryl methyl sites for hydroxylation is 2. The van der Waals surface area contributed by atoms with Crippen molar-refractivity contribution in [2.75, 3.05) is 13.1 Å². The lowest BCUT2D eigenvalue weighted by atomic mass is 9.89. The Morgan fingerprint density at radius 2 is 2.24 bits per heavy atom. The second-order valence-electron chi connectivity index (χ2n) is 7.40. The van der Waals surface area contributed by atoms with Gasteiger partial charge >= 0.3 is 0 Å². The van der Waals surface area contributed by atoms with E-state index < -0.39 is 5.60 Å². The van der Waals surface area contributed by atoms with E-state index in [0.717, 1.165) is 30.7 Å². The van der Waals surface area contributed by atoms with E-state index in [1.54, 1.807) is 18.1 Å². The molecule has 1 atom stereocenters. The molecule has 0 bridgehead atoms. The minimum absolute atomic E-state index is 0.0916. The van der Waals surface area contributed by atoms with Crippen molar-refractivity contribution in [2.45, 2.75) is 57.5 Å². The molecule has 2 aromatic heterocycles. The molecule has 4 rings (SSSR count). The van der Waals surface area contributed by atoms with Crippen LogP contribution in [-0.2, 0) is 6.42 Å². The molecule has 1 unspecified atom stereocenters. The van der Waals surface area contributed by atoms with Gasteiger partial charge in [-0.25, -0.2) is 0 Å². The van der Waals surface area contributed by atoms with Crippen molar-refractivity contribution in [3.8, 4) is 0 Å².